The molecule has 0 rings (SSSR count). The number of nitrogens with one attached hydrogen (secondary N) is 1. The number of nitrogens with zero attached hydrogens (tertiary/aromatic N) is 5. The fourth-order valence-corrected chi connectivity index (χ4v) is 3.29. The van der Waals surface area contributed by atoms with Crippen molar-refractivity contribution in [1.29, 1.82) is 0 Å². The third-order valence-electron chi connectivity index (χ3n) is 5.08. The molecule has 0 radical (unpaired) electrons. The second-order valence-corrected chi connectivity index (χ2v) is 9.70. The van der Waals surface area contributed by atoms with Gasteiger partial charge in [0.15, 0.2) is 5.25 Å². The molecule has 0 bridgehead atoms. The Morgan fingerprint density at radius 3 is 1.28 bits per heavy atom. The smallest absolute Gasteiger partial charge is 0.278 e. The number of amides is 6. The van der Waals surface area contributed by atoms with Crippen molar-refractivity contribution in [2.75, 3.05) is 81.6 Å². The van der Waals surface area contributed by atoms with E-state index in [4.69, 9.17) is 10.3 Å². The van der Waals surface area contributed by atoms with Gasteiger partial charge in [0.25, 0.3) is 10.1 Å². The van der Waals surface area contributed by atoms with Crippen LogP contribution in [0.3, 0.4) is 0 Å². The van der Waals surface area contributed by atoms with E-state index in [1.807, 2.05) is 0 Å². The summed E-state index contributed by atoms with van der Waals surface area (Å²) in [6.45, 7) is -2.63. The Morgan fingerprint density at radius 2 is 1.00 bits per heavy atom. The number of hydrogen-bond acceptors (Lipinski definition) is 9. The SMILES string of the molecule is CNC(=O)CN(C)C(=O)CN(C)C(=O)CN(C)C(=O)CN(C)C(=O)CN(C)C(=O)C(CN)S(=O)(=O)O. The van der Waals surface area contributed by atoms with Crippen LogP contribution in [0.2, 0.25) is 0 Å². The first-order chi connectivity index (χ1) is 16.5. The lowest BCUT2D eigenvalue weighted by molar-refractivity contribution is -0.145. The number of nitrogens with two attached hydrogens (primary N) is 1. The molecule has 4 N–H and O–H groups in total. The monoisotopic (exact) mass is 537 g/mol. The van der Waals surface area contributed by atoms with Gasteiger partial charge in [-0.1, -0.05) is 0 Å². The molecule has 206 valence electrons. The fourth-order valence-electron chi connectivity index (χ4n) is 2.62. The van der Waals surface area contributed by atoms with E-state index < -0.39 is 71.1 Å². The standard InChI is InChI=1S/C19H35N7O9S/c1-21-14(27)8-22(2)15(28)9-23(3)16(29)10-24(4)17(30)11-25(5)18(31)12-26(6)19(32)13(7-20)36(33,34)35/h13H,7-12,20H2,1-6H3,(H,21,27)(H,33,34,35). The van der Waals surface area contributed by atoms with Crippen LogP contribution in [0, 0.1) is 0 Å². The first-order valence-electron chi connectivity index (χ1n) is 10.5. The van der Waals surface area contributed by atoms with Gasteiger partial charge in [0, 0.05) is 48.8 Å². The van der Waals surface area contributed by atoms with Gasteiger partial charge in [0.2, 0.25) is 35.4 Å². The van der Waals surface area contributed by atoms with E-state index in [1.54, 1.807) is 0 Å². The molecule has 0 heterocycles. The molecule has 0 aromatic heterocycles. The number of carbonyl (C=O) groups is 6. The maximum atomic E-state index is 12.4. The zero-order valence-electron chi connectivity index (χ0n) is 21.3. The number of carbonyl (C=O) groups excluding carboxylic acids is 6. The van der Waals surface area contributed by atoms with E-state index in [9.17, 15) is 37.2 Å². The van der Waals surface area contributed by atoms with Crippen molar-refractivity contribution < 1.29 is 41.7 Å². The van der Waals surface area contributed by atoms with Crippen LogP contribution in [0.15, 0.2) is 0 Å². The minimum absolute atomic E-state index is 0.181. The van der Waals surface area contributed by atoms with Gasteiger partial charge in [-0.25, -0.2) is 0 Å². The second kappa shape index (κ2) is 14.3. The van der Waals surface area contributed by atoms with Crippen LogP contribution in [0.5, 0.6) is 0 Å². The average Bonchev–Trinajstić information content (AvgIpc) is 2.77. The number of hydrogen-bond donors (Lipinski definition) is 3. The first-order valence-corrected chi connectivity index (χ1v) is 12.0. The molecule has 0 spiro atoms. The van der Waals surface area contributed by atoms with Gasteiger partial charge in [-0.05, 0) is 0 Å². The van der Waals surface area contributed by atoms with E-state index in [2.05, 4.69) is 5.32 Å². The van der Waals surface area contributed by atoms with Crippen LogP contribution in [0.25, 0.3) is 0 Å². The molecule has 1 unspecified atom stereocenters. The minimum Gasteiger partial charge on any atom is -0.358 e. The van der Waals surface area contributed by atoms with Gasteiger partial charge in [0.05, 0.1) is 32.7 Å². The normalized spacial score (nSPS) is 11.7. The van der Waals surface area contributed by atoms with Gasteiger partial charge in [-0.15, -0.1) is 0 Å². The van der Waals surface area contributed by atoms with E-state index in [0.717, 1.165) is 31.5 Å². The van der Waals surface area contributed by atoms with Crippen LogP contribution in [0.4, 0.5) is 0 Å². The van der Waals surface area contributed by atoms with Crippen molar-refractivity contribution in [3.8, 4) is 0 Å². The quantitative estimate of drug-likeness (QED) is 0.191. The van der Waals surface area contributed by atoms with Gasteiger partial charge in [-0.2, -0.15) is 8.42 Å². The van der Waals surface area contributed by atoms with Crippen molar-refractivity contribution in [3.63, 3.8) is 0 Å². The minimum atomic E-state index is -4.76. The summed E-state index contributed by atoms with van der Waals surface area (Å²) in [4.78, 5) is 77.9. The molecule has 0 aromatic carbocycles. The number of rotatable bonds is 13. The van der Waals surface area contributed by atoms with Crippen LogP contribution in [-0.4, -0.2) is 160 Å². The van der Waals surface area contributed by atoms with Crippen LogP contribution in [0.1, 0.15) is 0 Å². The largest absolute Gasteiger partial charge is 0.358 e. The molecular formula is C19H35N7O9S. The summed E-state index contributed by atoms with van der Waals surface area (Å²) in [5, 5.41) is 0.450. The molecule has 0 aliphatic heterocycles. The zero-order valence-corrected chi connectivity index (χ0v) is 22.1. The molecule has 0 saturated carbocycles. The Balaban J connectivity index is 4.84. The highest BCUT2D eigenvalue weighted by atomic mass is 32.2. The molecular weight excluding hydrogens is 502 g/mol. The van der Waals surface area contributed by atoms with E-state index in [0.29, 0.717) is 0 Å². The molecule has 17 heteroatoms. The van der Waals surface area contributed by atoms with Gasteiger partial charge >= 0.3 is 0 Å². The van der Waals surface area contributed by atoms with Crippen molar-refractivity contribution in [2.45, 2.75) is 5.25 Å². The molecule has 0 fully saturated rings. The Kier molecular flexibility index (Phi) is 13.0. The Labute approximate surface area is 210 Å². The fraction of sp³-hybridized carbons (Fsp3) is 0.684. The van der Waals surface area contributed by atoms with E-state index >= 15 is 0 Å². The maximum absolute atomic E-state index is 12.4. The Bertz CT molecular complexity index is 957. The summed E-state index contributed by atoms with van der Waals surface area (Å²) in [6.07, 6.45) is 0. The summed E-state index contributed by atoms with van der Waals surface area (Å²) in [6, 6.07) is 0. The van der Waals surface area contributed by atoms with E-state index in [-0.39, 0.29) is 19.0 Å². The molecule has 16 nitrogen and oxygen atoms in total. The lowest BCUT2D eigenvalue weighted by atomic mass is 10.3. The highest BCUT2D eigenvalue weighted by molar-refractivity contribution is 7.87. The highest BCUT2D eigenvalue weighted by Gasteiger charge is 2.33. The Morgan fingerprint density at radius 1 is 0.694 bits per heavy atom. The highest BCUT2D eigenvalue weighted by Crippen LogP contribution is 2.03. The molecule has 0 aliphatic carbocycles. The maximum Gasteiger partial charge on any atom is 0.278 e. The second-order valence-electron chi connectivity index (χ2n) is 8.11. The van der Waals surface area contributed by atoms with Crippen LogP contribution >= 0.6 is 0 Å². The van der Waals surface area contributed by atoms with Gasteiger partial charge in [0.1, 0.15) is 0 Å². The molecule has 0 aliphatic rings. The molecule has 1 atom stereocenters. The molecule has 36 heavy (non-hydrogen) atoms. The van der Waals surface area contributed by atoms with Crippen molar-refractivity contribution in [1.82, 2.24) is 29.8 Å². The average molecular weight is 538 g/mol. The third-order valence-corrected chi connectivity index (χ3v) is 6.19. The summed E-state index contributed by atoms with van der Waals surface area (Å²) in [7, 11) is 3.15. The summed E-state index contributed by atoms with van der Waals surface area (Å²) in [5.41, 5.74) is 5.21. The van der Waals surface area contributed by atoms with Gasteiger partial charge in [-0.3, -0.25) is 33.3 Å². The van der Waals surface area contributed by atoms with Crippen LogP contribution in [-0.2, 0) is 38.9 Å². The summed E-state index contributed by atoms with van der Waals surface area (Å²) < 4.78 is 31.6. The molecule has 0 aromatic rings. The van der Waals surface area contributed by atoms with E-state index in [1.165, 1.54) is 35.2 Å². The van der Waals surface area contributed by atoms with Crippen molar-refractivity contribution in [3.05, 3.63) is 0 Å². The lowest BCUT2D eigenvalue weighted by Crippen LogP contribution is -2.50. The summed E-state index contributed by atoms with van der Waals surface area (Å²) >= 11 is 0. The van der Waals surface area contributed by atoms with Crippen molar-refractivity contribution in [2.24, 2.45) is 5.73 Å². The number of likely N-dealkylation sites (N-methyl/N-ethyl adjacent to an activating group) is 6. The van der Waals surface area contributed by atoms with Crippen molar-refractivity contribution >= 4 is 45.6 Å². The molecule has 0 saturated heterocycles. The van der Waals surface area contributed by atoms with Gasteiger partial charge < -0.3 is 35.6 Å². The lowest BCUT2D eigenvalue weighted by Gasteiger charge is -2.26. The zero-order chi connectivity index (χ0) is 28.4. The first kappa shape index (κ1) is 32.7. The van der Waals surface area contributed by atoms with Crippen LogP contribution < -0.4 is 11.1 Å². The predicted molar refractivity (Wildman–Crippen MR) is 127 cm³/mol. The topological polar surface area (TPSA) is 211 Å². The molecule has 6 amide bonds. The third kappa shape index (κ3) is 10.5. The predicted octanol–water partition coefficient (Wildman–Crippen LogP) is -4.76. The summed E-state index contributed by atoms with van der Waals surface area (Å²) in [5.74, 6) is -3.86. The Hall–Kier alpha value is -3.31.